The minimum Gasteiger partial charge on any atom is -0.389 e. The zero-order chi connectivity index (χ0) is 10.7. The number of rotatable bonds is 3. The summed E-state index contributed by atoms with van der Waals surface area (Å²) in [6, 6.07) is 0. The molecule has 2 aliphatic carbocycles. The van der Waals surface area contributed by atoms with Crippen LogP contribution in [-0.2, 0) is 0 Å². The molecule has 0 aromatic heterocycles. The Balaban J connectivity index is 2.03. The summed E-state index contributed by atoms with van der Waals surface area (Å²) in [6.07, 6.45) is 14.0. The van der Waals surface area contributed by atoms with Gasteiger partial charge in [-0.05, 0) is 37.5 Å². The quantitative estimate of drug-likeness (QED) is 0.702. The maximum atomic E-state index is 10.6. The summed E-state index contributed by atoms with van der Waals surface area (Å²) >= 11 is 0. The highest BCUT2D eigenvalue weighted by Crippen LogP contribution is 2.46. The zero-order valence-corrected chi connectivity index (χ0v) is 9.91. The second kappa shape index (κ2) is 4.69. The summed E-state index contributed by atoms with van der Waals surface area (Å²) < 4.78 is 0. The van der Waals surface area contributed by atoms with Crippen molar-refractivity contribution in [1.29, 1.82) is 0 Å². The Morgan fingerprint density at radius 2 is 2.27 bits per heavy atom. The van der Waals surface area contributed by atoms with Crippen LogP contribution in [-0.4, -0.2) is 10.7 Å². The van der Waals surface area contributed by atoms with Gasteiger partial charge in [0.1, 0.15) is 0 Å². The van der Waals surface area contributed by atoms with Gasteiger partial charge in [0.2, 0.25) is 0 Å². The van der Waals surface area contributed by atoms with Gasteiger partial charge in [-0.25, -0.2) is 0 Å². The van der Waals surface area contributed by atoms with Crippen molar-refractivity contribution in [2.24, 2.45) is 11.8 Å². The van der Waals surface area contributed by atoms with Gasteiger partial charge in [0.25, 0.3) is 0 Å². The highest BCUT2D eigenvalue weighted by Gasteiger charge is 2.43. The van der Waals surface area contributed by atoms with E-state index in [1.165, 1.54) is 32.1 Å². The standard InChI is InChI=1S/C14H24O/c1-2-3-7-12-8-6-11-14(15)10-5-4-9-13(12)14/h4-5,12-13,15H,2-3,6-11H2,1H3/t12-,13+,14-/m0/s1. The number of unbranched alkanes of at least 4 members (excludes halogenated alkanes) is 1. The highest BCUT2D eigenvalue weighted by molar-refractivity contribution is 5.06. The van der Waals surface area contributed by atoms with Crippen molar-refractivity contribution >= 4 is 0 Å². The SMILES string of the molecule is CCCC[C@H]1CCC[C@@]2(O)CC=CC[C@H]12. The van der Waals surface area contributed by atoms with Crippen molar-refractivity contribution in [2.45, 2.75) is 63.9 Å². The predicted molar refractivity (Wildman–Crippen MR) is 63.7 cm³/mol. The molecule has 3 atom stereocenters. The van der Waals surface area contributed by atoms with Gasteiger partial charge >= 0.3 is 0 Å². The Morgan fingerprint density at radius 1 is 1.40 bits per heavy atom. The predicted octanol–water partition coefficient (Wildman–Crippen LogP) is 3.67. The van der Waals surface area contributed by atoms with Crippen LogP contribution in [0.2, 0.25) is 0 Å². The summed E-state index contributed by atoms with van der Waals surface area (Å²) in [5.41, 5.74) is -0.342. The average Bonchev–Trinajstić information content (AvgIpc) is 2.25. The molecule has 0 spiro atoms. The Morgan fingerprint density at radius 3 is 3.07 bits per heavy atom. The van der Waals surface area contributed by atoms with Gasteiger partial charge < -0.3 is 5.11 Å². The summed E-state index contributed by atoms with van der Waals surface area (Å²) in [6.45, 7) is 2.26. The third-order valence-electron chi connectivity index (χ3n) is 4.40. The van der Waals surface area contributed by atoms with Crippen LogP contribution in [0.1, 0.15) is 58.3 Å². The van der Waals surface area contributed by atoms with Gasteiger partial charge in [-0.1, -0.05) is 44.8 Å². The minimum atomic E-state index is -0.342. The lowest BCUT2D eigenvalue weighted by molar-refractivity contribution is -0.0765. The highest BCUT2D eigenvalue weighted by atomic mass is 16.3. The van der Waals surface area contributed by atoms with Crippen molar-refractivity contribution in [2.75, 3.05) is 0 Å². The van der Waals surface area contributed by atoms with E-state index in [2.05, 4.69) is 19.1 Å². The summed E-state index contributed by atoms with van der Waals surface area (Å²) in [5, 5.41) is 10.6. The average molecular weight is 208 g/mol. The van der Waals surface area contributed by atoms with E-state index in [1.54, 1.807) is 0 Å². The first-order valence-corrected chi connectivity index (χ1v) is 6.63. The first-order valence-electron chi connectivity index (χ1n) is 6.63. The topological polar surface area (TPSA) is 20.2 Å². The summed E-state index contributed by atoms with van der Waals surface area (Å²) in [4.78, 5) is 0. The van der Waals surface area contributed by atoms with E-state index in [1.807, 2.05) is 0 Å². The van der Waals surface area contributed by atoms with Crippen LogP contribution in [0.3, 0.4) is 0 Å². The molecule has 1 heteroatoms. The second-order valence-corrected chi connectivity index (χ2v) is 5.42. The fourth-order valence-electron chi connectivity index (χ4n) is 3.50. The van der Waals surface area contributed by atoms with Crippen LogP contribution in [0.4, 0.5) is 0 Å². The van der Waals surface area contributed by atoms with Crippen molar-refractivity contribution in [1.82, 2.24) is 0 Å². The molecule has 0 aromatic carbocycles. The van der Waals surface area contributed by atoms with E-state index in [-0.39, 0.29) is 5.60 Å². The Bertz CT molecular complexity index is 233. The molecule has 86 valence electrons. The van der Waals surface area contributed by atoms with Gasteiger partial charge in [-0.3, -0.25) is 0 Å². The molecule has 0 saturated heterocycles. The molecule has 2 rings (SSSR count). The molecule has 1 fully saturated rings. The molecule has 0 aromatic rings. The molecular weight excluding hydrogens is 184 g/mol. The van der Waals surface area contributed by atoms with E-state index < -0.39 is 0 Å². The smallest absolute Gasteiger partial charge is 0.0715 e. The monoisotopic (exact) mass is 208 g/mol. The van der Waals surface area contributed by atoms with Crippen molar-refractivity contribution in [3.05, 3.63) is 12.2 Å². The number of hydrogen-bond donors (Lipinski definition) is 1. The molecule has 0 heterocycles. The molecule has 0 bridgehead atoms. The number of hydrogen-bond acceptors (Lipinski definition) is 1. The first kappa shape index (κ1) is 11.2. The van der Waals surface area contributed by atoms with Gasteiger partial charge in [-0.15, -0.1) is 0 Å². The van der Waals surface area contributed by atoms with Gasteiger partial charge in [0, 0.05) is 0 Å². The normalized spacial score (nSPS) is 40.1. The largest absolute Gasteiger partial charge is 0.389 e. The van der Waals surface area contributed by atoms with Gasteiger partial charge in [0.15, 0.2) is 0 Å². The van der Waals surface area contributed by atoms with Gasteiger partial charge in [0.05, 0.1) is 5.60 Å². The molecule has 1 N–H and O–H groups in total. The number of fused-ring (bicyclic) bond motifs is 1. The molecule has 2 aliphatic rings. The fraction of sp³-hybridized carbons (Fsp3) is 0.857. The minimum absolute atomic E-state index is 0.342. The van der Waals surface area contributed by atoms with E-state index >= 15 is 0 Å². The third-order valence-corrected chi connectivity index (χ3v) is 4.40. The Hall–Kier alpha value is -0.300. The van der Waals surface area contributed by atoms with Crippen molar-refractivity contribution in [3.8, 4) is 0 Å². The number of allylic oxidation sites excluding steroid dienone is 1. The Labute approximate surface area is 93.6 Å². The van der Waals surface area contributed by atoms with Crippen LogP contribution in [0, 0.1) is 11.8 Å². The maximum Gasteiger partial charge on any atom is 0.0715 e. The molecule has 1 nitrogen and oxygen atoms in total. The maximum absolute atomic E-state index is 10.6. The molecule has 0 amide bonds. The summed E-state index contributed by atoms with van der Waals surface area (Å²) in [5.74, 6) is 1.34. The lowest BCUT2D eigenvalue weighted by Gasteiger charge is -2.46. The Kier molecular flexibility index (Phi) is 3.50. The van der Waals surface area contributed by atoms with Crippen LogP contribution in [0.5, 0.6) is 0 Å². The zero-order valence-electron chi connectivity index (χ0n) is 9.91. The summed E-state index contributed by atoms with van der Waals surface area (Å²) in [7, 11) is 0. The molecular formula is C14H24O. The lowest BCUT2D eigenvalue weighted by atomic mass is 9.63. The van der Waals surface area contributed by atoms with Crippen molar-refractivity contribution in [3.63, 3.8) is 0 Å². The second-order valence-electron chi connectivity index (χ2n) is 5.42. The van der Waals surface area contributed by atoms with Gasteiger partial charge in [-0.2, -0.15) is 0 Å². The van der Waals surface area contributed by atoms with Crippen LogP contribution in [0.25, 0.3) is 0 Å². The first-order chi connectivity index (χ1) is 7.26. The van der Waals surface area contributed by atoms with E-state index in [0.717, 1.165) is 25.2 Å². The third kappa shape index (κ3) is 2.28. The molecule has 0 radical (unpaired) electrons. The molecule has 0 unspecified atom stereocenters. The molecule has 15 heavy (non-hydrogen) atoms. The van der Waals surface area contributed by atoms with E-state index in [0.29, 0.717) is 5.92 Å². The van der Waals surface area contributed by atoms with Crippen molar-refractivity contribution < 1.29 is 5.11 Å². The van der Waals surface area contributed by atoms with E-state index in [4.69, 9.17) is 0 Å². The molecule has 1 saturated carbocycles. The number of aliphatic hydroxyl groups is 1. The fourth-order valence-corrected chi connectivity index (χ4v) is 3.50. The van der Waals surface area contributed by atoms with E-state index in [9.17, 15) is 5.11 Å². The van der Waals surface area contributed by atoms with Crippen LogP contribution >= 0.6 is 0 Å². The lowest BCUT2D eigenvalue weighted by Crippen LogP contribution is -2.46. The van der Waals surface area contributed by atoms with Crippen LogP contribution in [0.15, 0.2) is 12.2 Å². The molecule has 0 aliphatic heterocycles. The van der Waals surface area contributed by atoms with Crippen LogP contribution < -0.4 is 0 Å².